The van der Waals surface area contributed by atoms with Gasteiger partial charge >= 0.3 is 0 Å². The molecule has 1 aliphatic rings. The molecule has 0 spiro atoms. The Morgan fingerprint density at radius 1 is 1.22 bits per heavy atom. The van der Waals surface area contributed by atoms with E-state index in [0.29, 0.717) is 10.5 Å². The molecule has 0 unspecified atom stereocenters. The van der Waals surface area contributed by atoms with Gasteiger partial charge in [0.1, 0.15) is 0 Å². The van der Waals surface area contributed by atoms with E-state index in [2.05, 4.69) is 4.99 Å². The third-order valence-electron chi connectivity index (χ3n) is 2.14. The molecule has 0 fully saturated rings. The summed E-state index contributed by atoms with van der Waals surface area (Å²) in [5, 5.41) is 5.18. The van der Waals surface area contributed by atoms with Crippen LogP contribution < -0.4 is 10.9 Å². The number of nitrogens with two attached hydrogens (primary N) is 2. The van der Waals surface area contributed by atoms with E-state index in [0.717, 1.165) is 11.8 Å². The quantitative estimate of drug-likeness (QED) is 0.755. The summed E-state index contributed by atoms with van der Waals surface area (Å²) in [6.45, 7) is 0. The van der Waals surface area contributed by atoms with Gasteiger partial charge in [-0.3, -0.25) is 4.79 Å². The first-order valence-electron chi connectivity index (χ1n) is 4.77. The molecule has 0 aliphatic carbocycles. The van der Waals surface area contributed by atoms with Gasteiger partial charge in [-0.25, -0.2) is 13.6 Å². The van der Waals surface area contributed by atoms with Crippen molar-refractivity contribution in [1.29, 1.82) is 0 Å². The monoisotopic (exact) mass is 283 g/mol. The molecule has 1 amide bonds. The first kappa shape index (κ1) is 12.8. The van der Waals surface area contributed by atoms with Gasteiger partial charge in [0.25, 0.3) is 5.91 Å². The zero-order valence-electron chi connectivity index (χ0n) is 9.03. The lowest BCUT2D eigenvalue weighted by Gasteiger charge is -1.99. The average Bonchev–Trinajstić information content (AvgIpc) is 2.57. The van der Waals surface area contributed by atoms with Crippen LogP contribution in [0.2, 0.25) is 0 Å². The van der Waals surface area contributed by atoms with E-state index >= 15 is 0 Å². The SMILES string of the molecule is NC1=NC(=O)/C(=C/c2ccc(S(N)(=O)=O)cc2)S1. The van der Waals surface area contributed by atoms with Crippen molar-refractivity contribution in [3.05, 3.63) is 34.7 Å². The van der Waals surface area contributed by atoms with Crippen molar-refractivity contribution in [1.82, 2.24) is 0 Å². The fraction of sp³-hybridized carbons (Fsp3) is 0. The molecule has 0 bridgehead atoms. The van der Waals surface area contributed by atoms with Crippen LogP contribution in [0.3, 0.4) is 0 Å². The predicted molar refractivity (Wildman–Crippen MR) is 70.0 cm³/mol. The fourth-order valence-electron chi connectivity index (χ4n) is 1.33. The molecule has 1 aromatic rings. The molecule has 2 rings (SSSR count). The number of rotatable bonds is 2. The standard InChI is InChI=1S/C10H9N3O3S2/c11-10-13-9(14)8(17-10)5-6-1-3-7(4-2-6)18(12,15)16/h1-5H,(H2,11,13,14)(H2,12,15,16)/b8-5-. The number of carbonyl (C=O) groups is 1. The van der Waals surface area contributed by atoms with Crippen LogP contribution in [0, 0.1) is 0 Å². The molecule has 0 radical (unpaired) electrons. The van der Waals surface area contributed by atoms with Crippen molar-refractivity contribution < 1.29 is 13.2 Å². The first-order chi connectivity index (χ1) is 8.36. The molecule has 18 heavy (non-hydrogen) atoms. The number of amides is 1. The molecule has 6 nitrogen and oxygen atoms in total. The number of nitrogens with zero attached hydrogens (tertiary/aromatic N) is 1. The Morgan fingerprint density at radius 2 is 1.83 bits per heavy atom. The molecule has 0 aromatic heterocycles. The Labute approximate surface area is 108 Å². The van der Waals surface area contributed by atoms with Crippen LogP contribution in [-0.4, -0.2) is 19.5 Å². The molecule has 4 N–H and O–H groups in total. The van der Waals surface area contributed by atoms with E-state index < -0.39 is 15.9 Å². The van der Waals surface area contributed by atoms with Crippen LogP contribution in [0.1, 0.15) is 5.56 Å². The maximum atomic E-state index is 11.3. The lowest BCUT2D eigenvalue weighted by molar-refractivity contribution is -0.113. The zero-order valence-corrected chi connectivity index (χ0v) is 10.7. The summed E-state index contributed by atoms with van der Waals surface area (Å²) in [6.07, 6.45) is 1.59. The Bertz CT molecular complexity index is 660. The topological polar surface area (TPSA) is 116 Å². The summed E-state index contributed by atoms with van der Waals surface area (Å²) in [5.41, 5.74) is 6.08. The van der Waals surface area contributed by atoms with Gasteiger partial charge in [-0.05, 0) is 35.5 Å². The number of aliphatic imine (C=N–C) groups is 1. The lowest BCUT2D eigenvalue weighted by Crippen LogP contribution is -2.11. The second kappa shape index (κ2) is 4.56. The van der Waals surface area contributed by atoms with Crippen LogP contribution >= 0.6 is 11.8 Å². The van der Waals surface area contributed by atoms with Crippen molar-refractivity contribution in [3.63, 3.8) is 0 Å². The van der Waals surface area contributed by atoms with E-state index in [4.69, 9.17) is 10.9 Å². The minimum atomic E-state index is -3.70. The van der Waals surface area contributed by atoms with E-state index in [-0.39, 0.29) is 10.1 Å². The molecule has 0 saturated heterocycles. The van der Waals surface area contributed by atoms with Crippen molar-refractivity contribution in [2.24, 2.45) is 15.9 Å². The Kier molecular flexibility index (Phi) is 3.24. The normalized spacial score (nSPS) is 18.2. The number of benzene rings is 1. The van der Waals surface area contributed by atoms with Crippen LogP contribution in [0.4, 0.5) is 0 Å². The van der Waals surface area contributed by atoms with E-state index in [9.17, 15) is 13.2 Å². The van der Waals surface area contributed by atoms with E-state index in [1.807, 2.05) is 0 Å². The van der Waals surface area contributed by atoms with Gasteiger partial charge in [-0.15, -0.1) is 0 Å². The highest BCUT2D eigenvalue weighted by molar-refractivity contribution is 8.18. The Hall–Kier alpha value is -1.64. The van der Waals surface area contributed by atoms with E-state index in [1.54, 1.807) is 18.2 Å². The maximum absolute atomic E-state index is 11.3. The molecular weight excluding hydrogens is 274 g/mol. The molecule has 0 atom stereocenters. The van der Waals surface area contributed by atoms with E-state index in [1.165, 1.54) is 12.1 Å². The number of sulfonamides is 1. The van der Waals surface area contributed by atoms with Crippen LogP contribution in [0.25, 0.3) is 6.08 Å². The fourth-order valence-corrected chi connectivity index (χ4v) is 2.53. The van der Waals surface area contributed by atoms with Crippen molar-refractivity contribution in [2.75, 3.05) is 0 Å². The van der Waals surface area contributed by atoms with Crippen molar-refractivity contribution in [3.8, 4) is 0 Å². The third-order valence-corrected chi connectivity index (χ3v) is 3.89. The molecule has 8 heteroatoms. The number of thioether (sulfide) groups is 1. The maximum Gasteiger partial charge on any atom is 0.286 e. The van der Waals surface area contributed by atoms with Crippen LogP contribution in [-0.2, 0) is 14.8 Å². The van der Waals surface area contributed by atoms with Gasteiger partial charge in [-0.1, -0.05) is 12.1 Å². The Morgan fingerprint density at radius 3 is 2.28 bits per heavy atom. The molecule has 1 aliphatic heterocycles. The molecule has 94 valence electrons. The van der Waals surface area contributed by atoms with Gasteiger partial charge in [0, 0.05) is 0 Å². The van der Waals surface area contributed by atoms with Gasteiger partial charge in [0.15, 0.2) is 5.17 Å². The minimum Gasteiger partial charge on any atom is -0.378 e. The summed E-state index contributed by atoms with van der Waals surface area (Å²) in [7, 11) is -3.70. The summed E-state index contributed by atoms with van der Waals surface area (Å²) in [6, 6.07) is 5.84. The summed E-state index contributed by atoms with van der Waals surface area (Å²) in [5.74, 6) is -0.395. The highest BCUT2D eigenvalue weighted by Crippen LogP contribution is 2.26. The summed E-state index contributed by atoms with van der Waals surface area (Å²) < 4.78 is 22.1. The number of amidine groups is 1. The second-order valence-corrected chi connectivity index (χ2v) is 6.10. The highest BCUT2D eigenvalue weighted by Gasteiger charge is 2.19. The average molecular weight is 283 g/mol. The second-order valence-electron chi connectivity index (χ2n) is 3.48. The smallest absolute Gasteiger partial charge is 0.286 e. The number of primary sulfonamides is 1. The minimum absolute atomic E-state index is 0.0193. The number of hydrogen-bond acceptors (Lipinski definition) is 5. The van der Waals surface area contributed by atoms with Crippen LogP contribution in [0.15, 0.2) is 39.1 Å². The zero-order chi connectivity index (χ0) is 13.3. The predicted octanol–water partition coefficient (Wildman–Crippen LogP) is 0.263. The molecular formula is C10H9N3O3S2. The lowest BCUT2D eigenvalue weighted by atomic mass is 10.2. The summed E-state index contributed by atoms with van der Waals surface area (Å²) in [4.78, 5) is 15.3. The summed E-state index contributed by atoms with van der Waals surface area (Å²) >= 11 is 1.07. The van der Waals surface area contributed by atoms with Crippen molar-refractivity contribution >= 4 is 38.9 Å². The molecule has 1 heterocycles. The molecule has 0 saturated carbocycles. The van der Waals surface area contributed by atoms with Crippen LogP contribution in [0.5, 0.6) is 0 Å². The van der Waals surface area contributed by atoms with Crippen molar-refractivity contribution in [2.45, 2.75) is 4.90 Å². The number of carbonyl (C=O) groups excluding carboxylic acids is 1. The van der Waals surface area contributed by atoms with Gasteiger partial charge in [0.2, 0.25) is 10.0 Å². The highest BCUT2D eigenvalue weighted by atomic mass is 32.2. The van der Waals surface area contributed by atoms with Gasteiger partial charge in [0.05, 0.1) is 9.80 Å². The van der Waals surface area contributed by atoms with Gasteiger partial charge < -0.3 is 5.73 Å². The largest absolute Gasteiger partial charge is 0.378 e. The first-order valence-corrected chi connectivity index (χ1v) is 7.13. The van der Waals surface area contributed by atoms with Gasteiger partial charge in [-0.2, -0.15) is 4.99 Å². The molecule has 1 aromatic carbocycles. The number of hydrogen-bond donors (Lipinski definition) is 2. The third kappa shape index (κ3) is 2.78. The Balaban J connectivity index is 2.27.